The summed E-state index contributed by atoms with van der Waals surface area (Å²) in [5.41, 5.74) is 0. The van der Waals surface area contributed by atoms with Crippen molar-refractivity contribution in [3.05, 3.63) is 28.7 Å². The van der Waals surface area contributed by atoms with Gasteiger partial charge in [0.05, 0.1) is 10.6 Å². The molecule has 0 heterocycles. The van der Waals surface area contributed by atoms with Gasteiger partial charge in [0.25, 0.3) is 0 Å². The van der Waals surface area contributed by atoms with Crippen LogP contribution in [-0.4, -0.2) is 26.8 Å². The molecule has 1 aromatic carbocycles. The first-order chi connectivity index (χ1) is 7.99. The van der Waals surface area contributed by atoms with Crippen LogP contribution < -0.4 is 5.32 Å². The molecule has 0 saturated heterocycles. The molecule has 0 saturated carbocycles. The van der Waals surface area contributed by atoms with E-state index in [2.05, 4.69) is 21.2 Å². The zero-order chi connectivity index (χ0) is 12.9. The van der Waals surface area contributed by atoms with Gasteiger partial charge in [-0.2, -0.15) is 0 Å². The fourth-order valence-corrected chi connectivity index (χ4v) is 3.85. The second-order valence-corrected chi connectivity index (χ2v) is 6.85. The van der Waals surface area contributed by atoms with E-state index in [0.29, 0.717) is 4.90 Å². The van der Waals surface area contributed by atoms with E-state index >= 15 is 0 Å². The molecular formula is C12H18BrNO2S. The Bertz CT molecular complexity index is 459. The third-order valence-corrected chi connectivity index (χ3v) is 4.87. The second-order valence-electron chi connectivity index (χ2n) is 3.90. The van der Waals surface area contributed by atoms with E-state index in [1.807, 2.05) is 19.9 Å². The van der Waals surface area contributed by atoms with Crippen molar-refractivity contribution in [2.24, 2.45) is 0 Å². The van der Waals surface area contributed by atoms with Crippen LogP contribution in [0.15, 0.2) is 33.6 Å². The summed E-state index contributed by atoms with van der Waals surface area (Å²) in [5, 5.41) is 3.18. The Morgan fingerprint density at radius 1 is 1.35 bits per heavy atom. The fourth-order valence-electron chi connectivity index (χ4n) is 1.63. The zero-order valence-corrected chi connectivity index (χ0v) is 12.5. The molecule has 0 radical (unpaired) electrons. The lowest BCUT2D eigenvalue weighted by Gasteiger charge is -2.15. The van der Waals surface area contributed by atoms with Gasteiger partial charge in [-0.15, -0.1) is 0 Å². The van der Waals surface area contributed by atoms with E-state index in [4.69, 9.17) is 0 Å². The van der Waals surface area contributed by atoms with Crippen molar-refractivity contribution in [1.82, 2.24) is 5.32 Å². The Morgan fingerprint density at radius 3 is 2.59 bits per heavy atom. The highest BCUT2D eigenvalue weighted by Crippen LogP contribution is 2.18. The highest BCUT2D eigenvalue weighted by molar-refractivity contribution is 9.10. The maximum atomic E-state index is 12.2. The van der Waals surface area contributed by atoms with Crippen molar-refractivity contribution >= 4 is 25.8 Å². The molecule has 5 heteroatoms. The van der Waals surface area contributed by atoms with Crippen LogP contribution in [0.1, 0.15) is 20.3 Å². The van der Waals surface area contributed by atoms with Gasteiger partial charge in [0.2, 0.25) is 0 Å². The van der Waals surface area contributed by atoms with Crippen LogP contribution in [0.25, 0.3) is 0 Å². The molecule has 0 aromatic heterocycles. The van der Waals surface area contributed by atoms with Crippen molar-refractivity contribution in [2.75, 3.05) is 12.3 Å². The number of hydrogen-bond donors (Lipinski definition) is 1. The Balaban J connectivity index is 2.88. The van der Waals surface area contributed by atoms with Crippen molar-refractivity contribution in [1.29, 1.82) is 0 Å². The largest absolute Gasteiger partial charge is 0.313 e. The number of benzene rings is 1. The lowest BCUT2D eigenvalue weighted by molar-refractivity contribution is 0.533. The van der Waals surface area contributed by atoms with Crippen LogP contribution >= 0.6 is 15.9 Å². The quantitative estimate of drug-likeness (QED) is 0.876. The van der Waals surface area contributed by atoms with Crippen molar-refractivity contribution in [3.8, 4) is 0 Å². The smallest absolute Gasteiger partial charge is 0.179 e. The minimum Gasteiger partial charge on any atom is -0.313 e. The number of sulfone groups is 1. The summed E-state index contributed by atoms with van der Waals surface area (Å²) in [6.45, 7) is 4.75. The topological polar surface area (TPSA) is 46.2 Å². The molecule has 1 unspecified atom stereocenters. The molecule has 1 N–H and O–H groups in total. The minimum atomic E-state index is -3.21. The summed E-state index contributed by atoms with van der Waals surface area (Å²) < 4.78 is 25.1. The van der Waals surface area contributed by atoms with Gasteiger partial charge in [-0.25, -0.2) is 8.42 Å². The third kappa shape index (κ3) is 4.41. The molecular weight excluding hydrogens is 302 g/mol. The van der Waals surface area contributed by atoms with Gasteiger partial charge in [0.1, 0.15) is 0 Å². The molecule has 0 aliphatic rings. The fraction of sp³-hybridized carbons (Fsp3) is 0.500. The molecule has 96 valence electrons. The lowest BCUT2D eigenvalue weighted by atomic mass is 10.2. The molecule has 1 aromatic rings. The van der Waals surface area contributed by atoms with Crippen molar-refractivity contribution in [3.63, 3.8) is 0 Å². The van der Waals surface area contributed by atoms with Crippen molar-refractivity contribution in [2.45, 2.75) is 31.2 Å². The van der Waals surface area contributed by atoms with Gasteiger partial charge in [-0.3, -0.25) is 0 Å². The van der Waals surface area contributed by atoms with Gasteiger partial charge in [-0.05, 0) is 31.2 Å². The van der Waals surface area contributed by atoms with E-state index in [-0.39, 0.29) is 11.8 Å². The number of rotatable bonds is 6. The van der Waals surface area contributed by atoms with E-state index in [9.17, 15) is 8.42 Å². The van der Waals surface area contributed by atoms with Crippen LogP contribution in [0.4, 0.5) is 0 Å². The Kier molecular flexibility index (Phi) is 5.62. The van der Waals surface area contributed by atoms with Gasteiger partial charge >= 0.3 is 0 Å². The van der Waals surface area contributed by atoms with E-state index in [0.717, 1.165) is 17.4 Å². The molecule has 0 bridgehead atoms. The van der Waals surface area contributed by atoms with E-state index < -0.39 is 9.84 Å². The van der Waals surface area contributed by atoms with E-state index in [1.54, 1.807) is 18.2 Å². The summed E-state index contributed by atoms with van der Waals surface area (Å²) in [7, 11) is -3.21. The highest BCUT2D eigenvalue weighted by atomic mass is 79.9. The van der Waals surface area contributed by atoms with E-state index in [1.165, 1.54) is 0 Å². The minimum absolute atomic E-state index is 0.0176. The van der Waals surface area contributed by atoms with Crippen LogP contribution in [-0.2, 0) is 9.84 Å². The summed E-state index contributed by atoms with van der Waals surface area (Å²) in [4.78, 5) is 0.378. The van der Waals surface area contributed by atoms with Crippen LogP contribution in [0.2, 0.25) is 0 Å². The van der Waals surface area contributed by atoms with Crippen molar-refractivity contribution < 1.29 is 8.42 Å². The summed E-state index contributed by atoms with van der Waals surface area (Å²) in [6, 6.07) is 6.86. The molecule has 0 spiro atoms. The van der Waals surface area contributed by atoms with Gasteiger partial charge in [-0.1, -0.05) is 35.8 Å². The van der Waals surface area contributed by atoms with Crippen LogP contribution in [0.3, 0.4) is 0 Å². The number of nitrogens with one attached hydrogen (secondary N) is 1. The van der Waals surface area contributed by atoms with Crippen LogP contribution in [0.5, 0.6) is 0 Å². The van der Waals surface area contributed by atoms with Gasteiger partial charge < -0.3 is 5.32 Å². The monoisotopic (exact) mass is 319 g/mol. The SMILES string of the molecule is CCNC(CC)CS(=O)(=O)c1cccc(Br)c1. The third-order valence-electron chi connectivity index (χ3n) is 2.56. The second kappa shape index (κ2) is 6.52. The molecule has 1 rings (SSSR count). The first-order valence-corrected chi connectivity index (χ1v) is 8.15. The predicted octanol–water partition coefficient (Wildman–Crippen LogP) is 2.61. The molecule has 0 amide bonds. The average Bonchev–Trinajstić information content (AvgIpc) is 2.28. The Hall–Kier alpha value is -0.390. The maximum Gasteiger partial charge on any atom is 0.179 e. The first-order valence-electron chi connectivity index (χ1n) is 5.71. The summed E-state index contributed by atoms with van der Waals surface area (Å²) in [5.74, 6) is 0.147. The number of halogens is 1. The molecule has 0 fully saturated rings. The average molecular weight is 320 g/mol. The molecule has 3 nitrogen and oxygen atoms in total. The molecule has 0 aliphatic heterocycles. The Labute approximate surface area is 112 Å². The van der Waals surface area contributed by atoms with Gasteiger partial charge in [0.15, 0.2) is 9.84 Å². The molecule has 17 heavy (non-hydrogen) atoms. The molecule has 1 atom stereocenters. The maximum absolute atomic E-state index is 12.2. The predicted molar refractivity (Wildman–Crippen MR) is 74.0 cm³/mol. The summed E-state index contributed by atoms with van der Waals surface area (Å²) in [6.07, 6.45) is 0.807. The van der Waals surface area contributed by atoms with Crippen LogP contribution in [0, 0.1) is 0 Å². The number of hydrogen-bond acceptors (Lipinski definition) is 3. The van der Waals surface area contributed by atoms with Gasteiger partial charge in [0, 0.05) is 10.5 Å². The lowest BCUT2D eigenvalue weighted by Crippen LogP contribution is -2.34. The zero-order valence-electron chi connectivity index (χ0n) is 10.1. The summed E-state index contributed by atoms with van der Waals surface area (Å²) >= 11 is 3.29. The Morgan fingerprint density at radius 2 is 2.06 bits per heavy atom. The molecule has 0 aliphatic carbocycles. The normalized spacial score (nSPS) is 13.6. The highest BCUT2D eigenvalue weighted by Gasteiger charge is 2.19. The standard InChI is InChI=1S/C12H18BrNO2S/c1-3-11(14-4-2)9-17(15,16)12-7-5-6-10(13)8-12/h5-8,11,14H,3-4,9H2,1-2H3. The first kappa shape index (κ1) is 14.7.